The van der Waals surface area contributed by atoms with Gasteiger partial charge in [0.25, 0.3) is 11.1 Å². The summed E-state index contributed by atoms with van der Waals surface area (Å²) in [6.45, 7) is 30.5. The number of benzene rings is 2. The molecule has 0 saturated carbocycles. The van der Waals surface area contributed by atoms with E-state index in [0.717, 1.165) is 39.9 Å². The van der Waals surface area contributed by atoms with Crippen LogP contribution in [0.3, 0.4) is 0 Å². The van der Waals surface area contributed by atoms with E-state index in [1.165, 1.54) is 0 Å². The fraction of sp³-hybridized carbons (Fsp3) is 0.469. The van der Waals surface area contributed by atoms with Crippen LogP contribution in [0.1, 0.15) is 88.8 Å². The first kappa shape index (κ1) is 32.1. The molecule has 0 aromatic heterocycles. The van der Waals surface area contributed by atoms with Crippen molar-refractivity contribution in [2.75, 3.05) is 14.1 Å². The molecule has 0 aliphatic carbocycles. The van der Waals surface area contributed by atoms with Gasteiger partial charge in [0.05, 0.1) is 23.0 Å². The highest BCUT2D eigenvalue weighted by atomic mass is 14.8. The maximum absolute atomic E-state index is 9.29. The van der Waals surface area contributed by atoms with Crippen LogP contribution in [-0.4, -0.2) is 20.3 Å². The molecule has 0 heterocycles. The lowest BCUT2D eigenvalue weighted by Crippen LogP contribution is -2.19. The Balaban J connectivity index is 0.000000380. The van der Waals surface area contributed by atoms with Crippen molar-refractivity contribution >= 4 is 6.21 Å². The molecule has 0 fully saturated rings. The molecule has 0 amide bonds. The van der Waals surface area contributed by atoms with Crippen molar-refractivity contribution in [3.63, 3.8) is 0 Å². The van der Waals surface area contributed by atoms with Gasteiger partial charge in [0, 0.05) is 58.6 Å². The minimum Gasteiger partial charge on any atom is -0.316 e. The smallest absolute Gasteiger partial charge is 0.252 e. The maximum Gasteiger partial charge on any atom is 0.252 e. The number of nitrogens with zero attached hydrogens (tertiary/aromatic N) is 5. The van der Waals surface area contributed by atoms with Crippen LogP contribution in [0.5, 0.6) is 0 Å². The lowest BCUT2D eigenvalue weighted by Gasteiger charge is -2.21. The summed E-state index contributed by atoms with van der Waals surface area (Å²) < 4.78 is 0. The molecule has 2 aromatic carbocycles. The summed E-state index contributed by atoms with van der Waals surface area (Å²) in [5.74, 6) is 0. The zero-order valence-electron chi connectivity index (χ0n) is 24.5. The fourth-order valence-electron chi connectivity index (χ4n) is 3.56. The summed E-state index contributed by atoms with van der Waals surface area (Å²) in [7, 11) is 3.60. The predicted molar refractivity (Wildman–Crippen MR) is 156 cm³/mol. The summed E-state index contributed by atoms with van der Waals surface area (Å²) in [6.07, 6.45) is 1.75. The van der Waals surface area contributed by atoms with Gasteiger partial charge in [0.1, 0.15) is 0 Å². The molecule has 0 aliphatic rings. The van der Waals surface area contributed by atoms with E-state index in [9.17, 15) is 10.5 Å². The highest BCUT2D eigenvalue weighted by Crippen LogP contribution is 2.32. The second-order valence-corrected chi connectivity index (χ2v) is 11.5. The van der Waals surface area contributed by atoms with Crippen LogP contribution in [0.25, 0.3) is 9.69 Å². The molecular formula is C32H40N6. The van der Waals surface area contributed by atoms with Gasteiger partial charge < -0.3 is 15.0 Å². The molecule has 2 aromatic rings. The van der Waals surface area contributed by atoms with Gasteiger partial charge in [-0.2, -0.15) is 10.5 Å². The van der Waals surface area contributed by atoms with Crippen molar-refractivity contribution in [1.29, 1.82) is 10.5 Å². The third-order valence-corrected chi connectivity index (χ3v) is 6.58. The Bertz CT molecular complexity index is 1240. The molecule has 0 aliphatic heterocycles. The molecule has 0 saturated heterocycles. The van der Waals surface area contributed by atoms with Gasteiger partial charge in [-0.15, -0.1) is 0 Å². The van der Waals surface area contributed by atoms with Crippen molar-refractivity contribution in [2.24, 2.45) is 4.99 Å². The minimum atomic E-state index is -0.599. The third-order valence-electron chi connectivity index (χ3n) is 6.58. The van der Waals surface area contributed by atoms with Crippen molar-refractivity contribution < 1.29 is 0 Å². The van der Waals surface area contributed by atoms with Crippen LogP contribution in [0.15, 0.2) is 41.4 Å². The maximum atomic E-state index is 9.29. The highest BCUT2D eigenvalue weighted by Gasteiger charge is 2.30. The second kappa shape index (κ2) is 12.5. The third kappa shape index (κ3) is 8.02. The first-order chi connectivity index (χ1) is 17.5. The van der Waals surface area contributed by atoms with Gasteiger partial charge in [-0.25, -0.2) is 13.1 Å². The Morgan fingerprint density at radius 3 is 1.55 bits per heavy atom. The van der Waals surface area contributed by atoms with E-state index in [4.69, 9.17) is 13.1 Å². The van der Waals surface area contributed by atoms with E-state index in [2.05, 4.69) is 32.1 Å². The van der Waals surface area contributed by atoms with Gasteiger partial charge in [-0.3, -0.25) is 4.99 Å². The number of hydrogen-bond donors (Lipinski definition) is 1. The van der Waals surface area contributed by atoms with Crippen LogP contribution in [0, 0.1) is 35.8 Å². The van der Waals surface area contributed by atoms with Gasteiger partial charge in [-0.05, 0) is 87.3 Å². The SMILES string of the molecule is [C-]#[N+]C(C)(C)c1cc(C=NC)cc(C(C)(C)C#N)c1.[C-]#[N+]C(C)(C)c1cc(CNC)cc(C(C)(C)C#N)c1. The Kier molecular flexibility index (Phi) is 10.6. The molecule has 38 heavy (non-hydrogen) atoms. The van der Waals surface area contributed by atoms with Crippen LogP contribution in [0.4, 0.5) is 0 Å². The average molecular weight is 509 g/mol. The molecule has 2 rings (SSSR count). The van der Waals surface area contributed by atoms with Crippen LogP contribution >= 0.6 is 0 Å². The number of nitrogens with one attached hydrogen (secondary N) is 1. The van der Waals surface area contributed by atoms with Gasteiger partial charge in [-0.1, -0.05) is 6.07 Å². The largest absolute Gasteiger partial charge is 0.316 e. The van der Waals surface area contributed by atoms with Gasteiger partial charge in [0.15, 0.2) is 0 Å². The lowest BCUT2D eigenvalue weighted by atomic mass is 9.81. The number of nitriles is 2. The summed E-state index contributed by atoms with van der Waals surface area (Å²) in [5.41, 5.74) is 3.51. The fourth-order valence-corrected chi connectivity index (χ4v) is 3.56. The van der Waals surface area contributed by atoms with Crippen molar-refractivity contribution in [3.8, 4) is 12.1 Å². The van der Waals surface area contributed by atoms with E-state index in [0.29, 0.717) is 0 Å². The molecule has 0 unspecified atom stereocenters. The van der Waals surface area contributed by atoms with Crippen molar-refractivity contribution in [3.05, 3.63) is 92.6 Å². The monoisotopic (exact) mass is 508 g/mol. The summed E-state index contributed by atoms with van der Waals surface area (Å²) >= 11 is 0. The molecule has 6 nitrogen and oxygen atoms in total. The van der Waals surface area contributed by atoms with Crippen molar-refractivity contribution in [1.82, 2.24) is 5.32 Å². The first-order valence-corrected chi connectivity index (χ1v) is 12.5. The van der Waals surface area contributed by atoms with Crippen molar-refractivity contribution in [2.45, 2.75) is 83.8 Å². The first-order valence-electron chi connectivity index (χ1n) is 12.5. The number of aliphatic imine (C=N–C) groups is 1. The molecule has 0 spiro atoms. The standard InChI is InChI=1S/C16H21N3.C16H19N3/c2*1-15(2,11-17)13-7-12(10-18-5)8-14(9-13)16(3,4)19-6/h7-9,18H,10H2,1-5H3;7-10H,1-5H3. The molecular weight excluding hydrogens is 468 g/mol. The average Bonchev–Trinajstić information content (AvgIpc) is 2.89. The van der Waals surface area contributed by atoms with Crippen LogP contribution in [-0.2, 0) is 28.5 Å². The molecule has 6 heteroatoms. The second-order valence-electron chi connectivity index (χ2n) is 11.5. The molecule has 0 radical (unpaired) electrons. The quantitative estimate of drug-likeness (QED) is 0.321. The molecule has 0 atom stereocenters. The van der Waals surface area contributed by atoms with E-state index >= 15 is 0 Å². The summed E-state index contributed by atoms with van der Waals surface area (Å²) in [4.78, 5) is 11.4. The lowest BCUT2D eigenvalue weighted by molar-refractivity contribution is 0.643. The Morgan fingerprint density at radius 1 is 0.763 bits per heavy atom. The zero-order valence-corrected chi connectivity index (χ0v) is 24.5. The molecule has 0 bridgehead atoms. The minimum absolute atomic E-state index is 0.545. The highest BCUT2D eigenvalue weighted by molar-refractivity contribution is 5.80. The Morgan fingerprint density at radius 2 is 1.16 bits per heavy atom. The van der Waals surface area contributed by atoms with Gasteiger partial charge >= 0.3 is 0 Å². The predicted octanol–water partition coefficient (Wildman–Crippen LogP) is 7.05. The summed E-state index contributed by atoms with van der Waals surface area (Å²) in [6, 6.07) is 16.6. The number of rotatable bonds is 7. The summed E-state index contributed by atoms with van der Waals surface area (Å²) in [5, 5.41) is 21.7. The van der Waals surface area contributed by atoms with Gasteiger partial charge in [0.2, 0.25) is 0 Å². The zero-order chi connectivity index (χ0) is 29.4. The van der Waals surface area contributed by atoms with Crippen LogP contribution in [0.2, 0.25) is 0 Å². The topological polar surface area (TPSA) is 80.7 Å². The van der Waals surface area contributed by atoms with Crippen LogP contribution < -0.4 is 5.32 Å². The number of hydrogen-bond acceptors (Lipinski definition) is 4. The van der Waals surface area contributed by atoms with E-state index in [1.807, 2.05) is 98.8 Å². The molecule has 198 valence electrons. The van der Waals surface area contributed by atoms with E-state index < -0.39 is 21.9 Å². The Labute approximate surface area is 229 Å². The molecule has 1 N–H and O–H groups in total. The normalized spacial score (nSPS) is 11.9. The van der Waals surface area contributed by atoms with E-state index in [1.54, 1.807) is 13.3 Å². The Hall–Kier alpha value is -3.97. The van der Waals surface area contributed by atoms with E-state index in [-0.39, 0.29) is 0 Å².